The highest BCUT2D eigenvalue weighted by atomic mass is 32.2. The monoisotopic (exact) mass is 381 g/mol. The van der Waals surface area contributed by atoms with Gasteiger partial charge in [0.15, 0.2) is 18.1 Å². The molecule has 2 amide bonds. The number of carboxylic acid groups (broad SMARTS) is 2. The second-order valence-electron chi connectivity index (χ2n) is 5.07. The van der Waals surface area contributed by atoms with Crippen molar-refractivity contribution in [2.45, 2.75) is 6.42 Å². The Morgan fingerprint density at radius 1 is 1.19 bits per heavy atom. The van der Waals surface area contributed by atoms with E-state index in [1.165, 1.54) is 25.3 Å². The molecule has 1 aromatic carbocycles. The van der Waals surface area contributed by atoms with Crippen LogP contribution in [0.25, 0.3) is 6.08 Å². The molecule has 2 rings (SSSR count). The minimum Gasteiger partial charge on any atom is -0.493 e. The molecule has 0 aromatic heterocycles. The number of carbonyl (C=O) groups excluding carboxylic acids is 2. The molecular formula is C16H15NO8S. The van der Waals surface area contributed by atoms with Gasteiger partial charge in [-0.15, -0.1) is 0 Å². The zero-order valence-electron chi connectivity index (χ0n) is 13.6. The smallest absolute Gasteiger partial charge is 0.341 e. The summed E-state index contributed by atoms with van der Waals surface area (Å²) in [6.45, 7) is -0.721. The maximum absolute atomic E-state index is 12.2. The van der Waals surface area contributed by atoms with Gasteiger partial charge in [-0.05, 0) is 35.5 Å². The fraction of sp³-hybridized carbons (Fsp3) is 0.250. The van der Waals surface area contributed by atoms with E-state index in [-0.39, 0.29) is 29.4 Å². The normalized spacial score (nSPS) is 15.4. The third-order valence-corrected chi connectivity index (χ3v) is 4.17. The number of aliphatic carboxylic acids is 2. The standard InChI is InChI=1S/C16H15NO8S/c1-24-11-6-9(2-3-10(11)25-8-14(20)21)7-12-15(22)17(16(23)26-12)5-4-13(18)19/h2-3,6-7H,4-5,8H2,1H3,(H,18,19)(H,20,21)/b12-7-. The molecule has 0 radical (unpaired) electrons. The van der Waals surface area contributed by atoms with Crippen LogP contribution in [0.2, 0.25) is 0 Å². The van der Waals surface area contributed by atoms with Gasteiger partial charge in [0.05, 0.1) is 18.4 Å². The Hall–Kier alpha value is -3.01. The lowest BCUT2D eigenvalue weighted by Crippen LogP contribution is -2.30. The predicted molar refractivity (Wildman–Crippen MR) is 91.1 cm³/mol. The lowest BCUT2D eigenvalue weighted by molar-refractivity contribution is -0.139. The number of nitrogens with zero attached hydrogens (tertiary/aromatic N) is 1. The molecule has 1 fully saturated rings. The Morgan fingerprint density at radius 2 is 1.92 bits per heavy atom. The largest absolute Gasteiger partial charge is 0.493 e. The summed E-state index contributed by atoms with van der Waals surface area (Å²) in [4.78, 5) is 46.3. The van der Waals surface area contributed by atoms with Crippen molar-refractivity contribution in [3.8, 4) is 11.5 Å². The zero-order valence-corrected chi connectivity index (χ0v) is 14.4. The van der Waals surface area contributed by atoms with Gasteiger partial charge in [0, 0.05) is 6.54 Å². The highest BCUT2D eigenvalue weighted by Gasteiger charge is 2.35. The molecule has 9 nitrogen and oxygen atoms in total. The Labute approximate surface area is 152 Å². The van der Waals surface area contributed by atoms with E-state index in [1.807, 2.05) is 0 Å². The van der Waals surface area contributed by atoms with Crippen molar-refractivity contribution in [3.05, 3.63) is 28.7 Å². The van der Waals surface area contributed by atoms with Gasteiger partial charge in [-0.25, -0.2) is 4.79 Å². The Morgan fingerprint density at radius 3 is 2.54 bits per heavy atom. The minimum absolute atomic E-state index is 0.154. The van der Waals surface area contributed by atoms with Crippen LogP contribution in [-0.4, -0.2) is 58.5 Å². The maximum atomic E-state index is 12.2. The number of benzene rings is 1. The molecule has 138 valence electrons. The van der Waals surface area contributed by atoms with E-state index in [9.17, 15) is 19.2 Å². The van der Waals surface area contributed by atoms with Crippen molar-refractivity contribution in [1.29, 1.82) is 0 Å². The van der Waals surface area contributed by atoms with Gasteiger partial charge in [0.2, 0.25) is 0 Å². The Bertz CT molecular complexity index is 788. The van der Waals surface area contributed by atoms with Crippen LogP contribution < -0.4 is 9.47 Å². The highest BCUT2D eigenvalue weighted by Crippen LogP contribution is 2.34. The first-order chi connectivity index (χ1) is 12.3. The molecule has 1 heterocycles. The van der Waals surface area contributed by atoms with Crippen LogP contribution in [0.3, 0.4) is 0 Å². The first-order valence-corrected chi connectivity index (χ1v) is 8.13. The van der Waals surface area contributed by atoms with Crippen molar-refractivity contribution >= 4 is 40.9 Å². The van der Waals surface area contributed by atoms with Crippen molar-refractivity contribution < 1.29 is 38.9 Å². The summed E-state index contributed by atoms with van der Waals surface area (Å²) in [7, 11) is 1.38. The average Bonchev–Trinajstić information content (AvgIpc) is 2.85. The van der Waals surface area contributed by atoms with Gasteiger partial charge in [-0.3, -0.25) is 19.3 Å². The Kier molecular flexibility index (Phi) is 6.23. The van der Waals surface area contributed by atoms with Crippen LogP contribution >= 0.6 is 11.8 Å². The Balaban J connectivity index is 2.18. The van der Waals surface area contributed by atoms with Gasteiger partial charge in [-0.2, -0.15) is 0 Å². The third-order valence-electron chi connectivity index (χ3n) is 3.26. The molecule has 0 saturated carbocycles. The molecular weight excluding hydrogens is 366 g/mol. The summed E-state index contributed by atoms with van der Waals surface area (Å²) >= 11 is 0.716. The van der Waals surface area contributed by atoms with Crippen molar-refractivity contribution in [2.75, 3.05) is 20.3 Å². The average molecular weight is 381 g/mol. The number of amides is 2. The second kappa shape index (κ2) is 8.39. The lowest BCUT2D eigenvalue weighted by atomic mass is 10.2. The molecule has 1 saturated heterocycles. The minimum atomic E-state index is -1.13. The van der Waals surface area contributed by atoms with Crippen LogP contribution in [0.5, 0.6) is 11.5 Å². The van der Waals surface area contributed by atoms with E-state index in [4.69, 9.17) is 19.7 Å². The fourth-order valence-electron chi connectivity index (χ4n) is 2.08. The van der Waals surface area contributed by atoms with E-state index in [0.717, 1.165) is 4.90 Å². The summed E-state index contributed by atoms with van der Waals surface area (Å²) in [6, 6.07) is 4.59. The van der Waals surface area contributed by atoms with E-state index in [0.29, 0.717) is 17.3 Å². The van der Waals surface area contributed by atoms with E-state index >= 15 is 0 Å². The molecule has 26 heavy (non-hydrogen) atoms. The zero-order chi connectivity index (χ0) is 19.3. The van der Waals surface area contributed by atoms with Crippen molar-refractivity contribution in [3.63, 3.8) is 0 Å². The van der Waals surface area contributed by atoms with Crippen LogP contribution in [0.1, 0.15) is 12.0 Å². The van der Waals surface area contributed by atoms with E-state index in [2.05, 4.69) is 0 Å². The number of imide groups is 1. The first kappa shape index (κ1) is 19.3. The number of hydrogen-bond acceptors (Lipinski definition) is 7. The molecule has 0 bridgehead atoms. The van der Waals surface area contributed by atoms with Crippen LogP contribution in [-0.2, 0) is 14.4 Å². The maximum Gasteiger partial charge on any atom is 0.341 e. The summed E-state index contributed by atoms with van der Waals surface area (Å²) < 4.78 is 10.2. The SMILES string of the molecule is COc1cc(/C=C2\SC(=O)N(CCC(=O)O)C2=O)ccc1OCC(=O)O. The van der Waals surface area contributed by atoms with Gasteiger partial charge in [-0.1, -0.05) is 6.07 Å². The third kappa shape index (κ3) is 4.76. The molecule has 0 unspecified atom stereocenters. The number of carboxylic acids is 2. The van der Waals surface area contributed by atoms with Gasteiger partial charge < -0.3 is 19.7 Å². The van der Waals surface area contributed by atoms with Crippen molar-refractivity contribution in [1.82, 2.24) is 4.90 Å². The number of ether oxygens (including phenoxy) is 2. The molecule has 0 aliphatic carbocycles. The first-order valence-electron chi connectivity index (χ1n) is 7.31. The molecule has 1 aromatic rings. The summed E-state index contributed by atoms with van der Waals surface area (Å²) in [5.41, 5.74) is 0.535. The van der Waals surface area contributed by atoms with Gasteiger partial charge in [0.1, 0.15) is 0 Å². The summed E-state index contributed by atoms with van der Waals surface area (Å²) in [5, 5.41) is 16.8. The second-order valence-corrected chi connectivity index (χ2v) is 6.06. The molecule has 10 heteroatoms. The van der Waals surface area contributed by atoms with Gasteiger partial charge in [0.25, 0.3) is 11.1 Å². The molecule has 2 N–H and O–H groups in total. The van der Waals surface area contributed by atoms with E-state index < -0.39 is 29.7 Å². The predicted octanol–water partition coefficient (Wildman–Crippen LogP) is 1.67. The molecule has 0 spiro atoms. The topological polar surface area (TPSA) is 130 Å². The quantitative estimate of drug-likeness (QED) is 0.646. The van der Waals surface area contributed by atoms with Crippen LogP contribution in [0.4, 0.5) is 4.79 Å². The van der Waals surface area contributed by atoms with Crippen molar-refractivity contribution in [2.24, 2.45) is 0 Å². The number of hydrogen-bond donors (Lipinski definition) is 2. The number of rotatable bonds is 8. The molecule has 0 atom stereocenters. The van der Waals surface area contributed by atoms with Gasteiger partial charge >= 0.3 is 11.9 Å². The number of carbonyl (C=O) groups is 4. The lowest BCUT2D eigenvalue weighted by Gasteiger charge is -2.10. The molecule has 1 aliphatic heterocycles. The number of thioether (sulfide) groups is 1. The number of methoxy groups -OCH3 is 1. The van der Waals surface area contributed by atoms with Crippen LogP contribution in [0.15, 0.2) is 23.1 Å². The van der Waals surface area contributed by atoms with Crippen LogP contribution in [0, 0.1) is 0 Å². The summed E-state index contributed by atoms with van der Waals surface area (Å²) in [6.07, 6.45) is 1.14. The molecule has 1 aliphatic rings. The van der Waals surface area contributed by atoms with E-state index in [1.54, 1.807) is 6.07 Å². The fourth-order valence-corrected chi connectivity index (χ4v) is 2.95. The summed E-state index contributed by atoms with van der Waals surface area (Å²) in [5.74, 6) is -2.31. The highest BCUT2D eigenvalue weighted by molar-refractivity contribution is 8.18.